The zero-order valence-corrected chi connectivity index (χ0v) is 17.2. The summed E-state index contributed by atoms with van der Waals surface area (Å²) < 4.78 is 7.88. The van der Waals surface area contributed by atoms with E-state index in [0.717, 1.165) is 0 Å². The number of hydrogen-bond donors (Lipinski definition) is 1. The van der Waals surface area contributed by atoms with E-state index < -0.39 is 0 Å². The Balaban J connectivity index is 1.44. The van der Waals surface area contributed by atoms with Crippen molar-refractivity contribution in [2.75, 3.05) is 19.7 Å². The van der Waals surface area contributed by atoms with Crippen molar-refractivity contribution >= 4 is 39.3 Å². The number of carbonyl (C=O) groups is 2. The molecule has 2 aromatic rings. The molecule has 0 aliphatic carbocycles. The molecule has 9 heteroatoms. The first kappa shape index (κ1) is 19.7. The van der Waals surface area contributed by atoms with Crippen LogP contribution in [-0.4, -0.2) is 52.2 Å². The van der Waals surface area contributed by atoms with Crippen molar-refractivity contribution in [3.8, 4) is 5.75 Å². The number of amides is 2. The van der Waals surface area contributed by atoms with Gasteiger partial charge in [0.05, 0.1) is 16.2 Å². The number of ether oxygens (including phenoxy) is 1. The second-order valence-corrected chi connectivity index (χ2v) is 7.69. The summed E-state index contributed by atoms with van der Waals surface area (Å²) >= 11 is 9.26. The van der Waals surface area contributed by atoms with Gasteiger partial charge in [0.2, 0.25) is 0 Å². The number of hydrogen-bond acceptors (Lipinski definition) is 4. The lowest BCUT2D eigenvalue weighted by atomic mass is 10.0. The molecule has 144 valence electrons. The summed E-state index contributed by atoms with van der Waals surface area (Å²) in [5, 5.41) is 7.59. The summed E-state index contributed by atoms with van der Waals surface area (Å²) in [5.74, 6) is 0.365. The molecule has 0 spiro atoms. The monoisotopic (exact) mass is 454 g/mol. The maximum Gasteiger partial charge on any atom is 0.260 e. The quantitative estimate of drug-likeness (QED) is 0.752. The molecule has 2 amide bonds. The van der Waals surface area contributed by atoms with Crippen molar-refractivity contribution in [1.82, 2.24) is 20.0 Å². The number of nitrogens with zero attached hydrogens (tertiary/aromatic N) is 3. The molecule has 2 heterocycles. The number of halogens is 2. The number of carbonyl (C=O) groups excluding carboxylic acids is 2. The molecular formula is C18H20BrClN4O3. The van der Waals surface area contributed by atoms with Gasteiger partial charge in [-0.25, -0.2) is 0 Å². The Bertz CT molecular complexity index is 834. The Kier molecular flexibility index (Phi) is 6.38. The largest absolute Gasteiger partial charge is 0.483 e. The topological polar surface area (TPSA) is 76.5 Å². The molecule has 1 aromatic carbocycles. The van der Waals surface area contributed by atoms with Crippen molar-refractivity contribution in [2.45, 2.75) is 18.9 Å². The van der Waals surface area contributed by atoms with Crippen molar-refractivity contribution in [3.05, 3.63) is 45.7 Å². The number of aromatic nitrogens is 2. The zero-order valence-electron chi connectivity index (χ0n) is 14.8. The van der Waals surface area contributed by atoms with Crippen LogP contribution < -0.4 is 10.1 Å². The number of likely N-dealkylation sites (tertiary alicyclic amines) is 1. The standard InChI is InChI=1S/C18H20BrClN4O3/c1-23-10-12(9-21-23)18(26)22-14-4-6-24(7-5-14)17(25)11-27-16-3-2-13(20)8-15(16)19/h2-3,8-10,14H,4-7,11H2,1H3,(H,22,26). The van der Waals surface area contributed by atoms with Gasteiger partial charge in [0.25, 0.3) is 11.8 Å². The van der Waals surface area contributed by atoms with Crippen LogP contribution in [-0.2, 0) is 11.8 Å². The van der Waals surface area contributed by atoms with Crippen LogP contribution in [0.15, 0.2) is 35.1 Å². The number of aryl methyl sites for hydroxylation is 1. The number of nitrogens with one attached hydrogen (secondary N) is 1. The van der Waals surface area contributed by atoms with E-state index in [1.54, 1.807) is 47.2 Å². The van der Waals surface area contributed by atoms with E-state index in [1.807, 2.05) is 0 Å². The lowest BCUT2D eigenvalue weighted by molar-refractivity contribution is -0.134. The summed E-state index contributed by atoms with van der Waals surface area (Å²) in [7, 11) is 1.77. The number of piperidine rings is 1. The molecule has 1 aliphatic rings. The molecule has 3 rings (SSSR count). The molecule has 1 fully saturated rings. The molecule has 0 unspecified atom stereocenters. The minimum Gasteiger partial charge on any atom is -0.483 e. The number of benzene rings is 1. The molecule has 1 aromatic heterocycles. The average molecular weight is 456 g/mol. The lowest BCUT2D eigenvalue weighted by Gasteiger charge is -2.32. The Morgan fingerprint density at radius 2 is 2.11 bits per heavy atom. The van der Waals surface area contributed by atoms with Crippen molar-refractivity contribution in [3.63, 3.8) is 0 Å². The zero-order chi connectivity index (χ0) is 19.4. The minimum atomic E-state index is -0.135. The Morgan fingerprint density at radius 3 is 2.74 bits per heavy atom. The first-order chi connectivity index (χ1) is 12.9. The van der Waals surface area contributed by atoms with Crippen LogP contribution in [0.25, 0.3) is 0 Å². The van der Waals surface area contributed by atoms with Crippen LogP contribution in [0, 0.1) is 0 Å². The highest BCUT2D eigenvalue weighted by Crippen LogP contribution is 2.28. The van der Waals surface area contributed by atoms with Gasteiger partial charge >= 0.3 is 0 Å². The van der Waals surface area contributed by atoms with E-state index in [-0.39, 0.29) is 24.5 Å². The van der Waals surface area contributed by atoms with Gasteiger partial charge in [-0.05, 0) is 47.0 Å². The van der Waals surface area contributed by atoms with Crippen LogP contribution in [0.1, 0.15) is 23.2 Å². The third-order valence-corrected chi connectivity index (χ3v) is 5.25. The van der Waals surface area contributed by atoms with E-state index >= 15 is 0 Å². The maximum atomic E-state index is 12.4. The summed E-state index contributed by atoms with van der Waals surface area (Å²) in [5.41, 5.74) is 0.540. The fourth-order valence-electron chi connectivity index (χ4n) is 2.90. The summed E-state index contributed by atoms with van der Waals surface area (Å²) in [4.78, 5) is 26.3. The van der Waals surface area contributed by atoms with E-state index in [9.17, 15) is 9.59 Å². The Labute approximate surface area is 170 Å². The van der Waals surface area contributed by atoms with E-state index in [0.29, 0.717) is 46.7 Å². The van der Waals surface area contributed by atoms with E-state index in [2.05, 4.69) is 26.3 Å². The second kappa shape index (κ2) is 8.75. The molecule has 1 N–H and O–H groups in total. The Morgan fingerprint density at radius 1 is 1.37 bits per heavy atom. The molecule has 1 aliphatic heterocycles. The summed E-state index contributed by atoms with van der Waals surface area (Å²) in [6.45, 7) is 1.14. The molecule has 0 radical (unpaired) electrons. The average Bonchev–Trinajstić information content (AvgIpc) is 3.08. The second-order valence-electron chi connectivity index (χ2n) is 6.39. The van der Waals surface area contributed by atoms with Gasteiger partial charge < -0.3 is 15.0 Å². The van der Waals surface area contributed by atoms with Gasteiger partial charge in [-0.1, -0.05) is 11.6 Å². The minimum absolute atomic E-state index is 0.0348. The normalized spacial score (nSPS) is 14.9. The smallest absolute Gasteiger partial charge is 0.260 e. The third-order valence-electron chi connectivity index (χ3n) is 4.40. The first-order valence-corrected chi connectivity index (χ1v) is 9.74. The van der Waals surface area contributed by atoms with Gasteiger partial charge in [0.15, 0.2) is 6.61 Å². The summed E-state index contributed by atoms with van der Waals surface area (Å²) in [6, 6.07) is 5.20. The molecular weight excluding hydrogens is 436 g/mol. The lowest BCUT2D eigenvalue weighted by Crippen LogP contribution is -2.47. The molecule has 7 nitrogen and oxygen atoms in total. The van der Waals surface area contributed by atoms with Crippen molar-refractivity contribution < 1.29 is 14.3 Å². The molecule has 27 heavy (non-hydrogen) atoms. The van der Waals surface area contributed by atoms with Crippen molar-refractivity contribution in [1.29, 1.82) is 0 Å². The SMILES string of the molecule is Cn1cc(C(=O)NC2CCN(C(=O)COc3ccc(Cl)cc3Br)CC2)cn1. The van der Waals surface area contributed by atoms with Crippen LogP contribution in [0.3, 0.4) is 0 Å². The van der Waals surface area contributed by atoms with E-state index in [1.165, 1.54) is 0 Å². The van der Waals surface area contributed by atoms with Gasteiger partial charge in [-0.15, -0.1) is 0 Å². The highest BCUT2D eigenvalue weighted by atomic mass is 79.9. The molecule has 0 saturated carbocycles. The predicted molar refractivity (Wildman–Crippen MR) is 105 cm³/mol. The fourth-order valence-corrected chi connectivity index (χ4v) is 3.70. The van der Waals surface area contributed by atoms with Crippen molar-refractivity contribution in [2.24, 2.45) is 7.05 Å². The van der Waals surface area contributed by atoms with Crippen LogP contribution in [0.2, 0.25) is 5.02 Å². The van der Waals surface area contributed by atoms with Gasteiger partial charge in [0, 0.05) is 37.4 Å². The predicted octanol–water partition coefficient (Wildman–Crippen LogP) is 2.64. The van der Waals surface area contributed by atoms with Gasteiger partial charge in [0.1, 0.15) is 5.75 Å². The first-order valence-electron chi connectivity index (χ1n) is 8.57. The fraction of sp³-hybridized carbons (Fsp3) is 0.389. The Hall–Kier alpha value is -2.06. The molecule has 1 saturated heterocycles. The van der Waals surface area contributed by atoms with Gasteiger partial charge in [-0.3, -0.25) is 14.3 Å². The van der Waals surface area contributed by atoms with Crippen LogP contribution >= 0.6 is 27.5 Å². The van der Waals surface area contributed by atoms with Gasteiger partial charge in [-0.2, -0.15) is 5.10 Å². The third kappa shape index (κ3) is 5.23. The maximum absolute atomic E-state index is 12.4. The van der Waals surface area contributed by atoms with Crippen LogP contribution in [0.4, 0.5) is 0 Å². The molecule has 0 atom stereocenters. The summed E-state index contributed by atoms with van der Waals surface area (Å²) in [6.07, 6.45) is 4.64. The highest BCUT2D eigenvalue weighted by Gasteiger charge is 2.24. The molecule has 0 bridgehead atoms. The highest BCUT2D eigenvalue weighted by molar-refractivity contribution is 9.10. The number of rotatable bonds is 5. The van der Waals surface area contributed by atoms with Crippen LogP contribution in [0.5, 0.6) is 5.75 Å². The van der Waals surface area contributed by atoms with E-state index in [4.69, 9.17) is 16.3 Å².